The smallest absolute Gasteiger partial charge is 0.481 e. The molecule has 0 radical (unpaired) electrons. The summed E-state index contributed by atoms with van der Waals surface area (Å²) >= 11 is 0. The topological polar surface area (TPSA) is 66.8 Å². The molecular weight excluding hydrogens is 265 g/mol. The number of aliphatic carboxylic acids is 1. The maximum Gasteiger partial charge on any atom is 0.573 e. The molecule has 0 aliphatic heterocycles. The first kappa shape index (κ1) is 13.7. The van der Waals surface area contributed by atoms with E-state index in [-0.39, 0.29) is 18.4 Å². The second kappa shape index (κ2) is 4.41. The molecule has 2 rings (SSSR count). The molecule has 0 spiro atoms. The van der Waals surface area contributed by atoms with Gasteiger partial charge in [-0.25, -0.2) is 0 Å². The van der Waals surface area contributed by atoms with Crippen molar-refractivity contribution in [2.24, 2.45) is 5.92 Å². The molecule has 1 aliphatic carbocycles. The SMILES string of the molecule is O=C(O)C1CC(O)(c2cccc(OC(F)(F)F)c2)C1. The van der Waals surface area contributed by atoms with Gasteiger partial charge in [0.2, 0.25) is 0 Å². The van der Waals surface area contributed by atoms with E-state index < -0.39 is 29.6 Å². The fraction of sp³-hybridized carbons (Fsp3) is 0.417. The van der Waals surface area contributed by atoms with Gasteiger partial charge < -0.3 is 14.9 Å². The van der Waals surface area contributed by atoms with Gasteiger partial charge in [-0.3, -0.25) is 4.79 Å². The van der Waals surface area contributed by atoms with Crippen molar-refractivity contribution in [1.82, 2.24) is 0 Å². The third kappa shape index (κ3) is 2.98. The second-order valence-electron chi connectivity index (χ2n) is 4.55. The number of carboxylic acids is 1. The third-order valence-electron chi connectivity index (χ3n) is 3.12. The summed E-state index contributed by atoms with van der Waals surface area (Å²) < 4.78 is 40.0. The number of hydrogen-bond acceptors (Lipinski definition) is 3. The van der Waals surface area contributed by atoms with E-state index >= 15 is 0 Å². The van der Waals surface area contributed by atoms with Crippen molar-refractivity contribution in [2.75, 3.05) is 0 Å². The van der Waals surface area contributed by atoms with Gasteiger partial charge in [0.1, 0.15) is 5.75 Å². The number of carboxylic acid groups (broad SMARTS) is 1. The van der Waals surface area contributed by atoms with E-state index in [2.05, 4.69) is 4.74 Å². The predicted octanol–water partition coefficient (Wildman–Crippen LogP) is 2.27. The lowest BCUT2D eigenvalue weighted by atomic mass is 9.67. The molecule has 7 heteroatoms. The molecular formula is C12H11F3O4. The van der Waals surface area contributed by atoms with Gasteiger partial charge >= 0.3 is 12.3 Å². The van der Waals surface area contributed by atoms with Crippen molar-refractivity contribution in [2.45, 2.75) is 24.8 Å². The molecule has 19 heavy (non-hydrogen) atoms. The minimum absolute atomic E-state index is 0.0161. The molecule has 0 bridgehead atoms. The minimum Gasteiger partial charge on any atom is -0.481 e. The zero-order valence-corrected chi connectivity index (χ0v) is 9.65. The number of alkyl halides is 3. The van der Waals surface area contributed by atoms with E-state index in [9.17, 15) is 23.1 Å². The van der Waals surface area contributed by atoms with Crippen LogP contribution in [0, 0.1) is 5.92 Å². The molecule has 0 atom stereocenters. The van der Waals surface area contributed by atoms with Crippen LogP contribution in [0.5, 0.6) is 5.75 Å². The van der Waals surface area contributed by atoms with Crippen LogP contribution in [0.2, 0.25) is 0 Å². The number of benzene rings is 1. The molecule has 2 N–H and O–H groups in total. The summed E-state index contributed by atoms with van der Waals surface area (Å²) in [6, 6.07) is 4.96. The Morgan fingerprint density at radius 1 is 1.37 bits per heavy atom. The van der Waals surface area contributed by atoms with Crippen molar-refractivity contribution in [3.63, 3.8) is 0 Å². The molecule has 1 aliphatic rings. The fourth-order valence-corrected chi connectivity index (χ4v) is 2.15. The molecule has 104 valence electrons. The van der Waals surface area contributed by atoms with Gasteiger partial charge in [0, 0.05) is 0 Å². The van der Waals surface area contributed by atoms with Crippen LogP contribution in [0.25, 0.3) is 0 Å². The first-order valence-corrected chi connectivity index (χ1v) is 5.51. The Labute approximate surface area is 106 Å². The average Bonchev–Trinajstić information content (AvgIpc) is 2.22. The highest BCUT2D eigenvalue weighted by Crippen LogP contribution is 2.46. The van der Waals surface area contributed by atoms with Crippen LogP contribution in [-0.4, -0.2) is 22.5 Å². The monoisotopic (exact) mass is 276 g/mol. The Bertz CT molecular complexity index is 492. The van der Waals surface area contributed by atoms with Crippen molar-refractivity contribution >= 4 is 5.97 Å². The van der Waals surface area contributed by atoms with E-state index in [0.717, 1.165) is 12.1 Å². The van der Waals surface area contributed by atoms with E-state index in [1.165, 1.54) is 12.1 Å². The van der Waals surface area contributed by atoms with Gasteiger partial charge in [-0.2, -0.15) is 0 Å². The van der Waals surface area contributed by atoms with Crippen LogP contribution in [0.15, 0.2) is 24.3 Å². The minimum atomic E-state index is -4.80. The summed E-state index contributed by atoms with van der Waals surface area (Å²) in [4.78, 5) is 10.7. The Morgan fingerprint density at radius 3 is 2.53 bits per heavy atom. The van der Waals surface area contributed by atoms with Crippen molar-refractivity contribution in [3.05, 3.63) is 29.8 Å². The van der Waals surface area contributed by atoms with Gasteiger partial charge in [0.15, 0.2) is 0 Å². The van der Waals surface area contributed by atoms with Gasteiger partial charge in [-0.05, 0) is 30.5 Å². The van der Waals surface area contributed by atoms with Gasteiger partial charge in [-0.1, -0.05) is 12.1 Å². The normalized spacial score (nSPS) is 26.6. The van der Waals surface area contributed by atoms with Crippen LogP contribution in [-0.2, 0) is 10.4 Å². The predicted molar refractivity (Wildman–Crippen MR) is 57.4 cm³/mol. The number of halogens is 3. The van der Waals surface area contributed by atoms with Gasteiger partial charge in [-0.15, -0.1) is 13.2 Å². The lowest BCUT2D eigenvalue weighted by Crippen LogP contribution is -2.44. The second-order valence-corrected chi connectivity index (χ2v) is 4.55. The van der Waals surface area contributed by atoms with Gasteiger partial charge in [0.05, 0.1) is 11.5 Å². The molecule has 1 aromatic rings. The van der Waals surface area contributed by atoms with E-state index in [1.807, 2.05) is 0 Å². The summed E-state index contributed by atoms with van der Waals surface area (Å²) in [5, 5.41) is 18.9. The Hall–Kier alpha value is -1.76. The summed E-state index contributed by atoms with van der Waals surface area (Å²) in [5.74, 6) is -2.12. The molecule has 0 amide bonds. The molecule has 1 saturated carbocycles. The third-order valence-corrected chi connectivity index (χ3v) is 3.12. The lowest BCUT2D eigenvalue weighted by molar-refractivity contribution is -0.274. The highest BCUT2D eigenvalue weighted by Gasteiger charge is 2.47. The quantitative estimate of drug-likeness (QED) is 0.888. The zero-order chi connectivity index (χ0) is 14.3. The molecule has 4 nitrogen and oxygen atoms in total. The number of ether oxygens (including phenoxy) is 1. The molecule has 0 saturated heterocycles. The van der Waals surface area contributed by atoms with E-state index in [4.69, 9.17) is 5.11 Å². The largest absolute Gasteiger partial charge is 0.573 e. The molecule has 1 aromatic carbocycles. The first-order valence-electron chi connectivity index (χ1n) is 5.51. The van der Waals surface area contributed by atoms with Crippen molar-refractivity contribution in [1.29, 1.82) is 0 Å². The first-order chi connectivity index (χ1) is 8.70. The van der Waals surface area contributed by atoms with Crippen LogP contribution in [0.4, 0.5) is 13.2 Å². The average molecular weight is 276 g/mol. The standard InChI is InChI=1S/C12H11F3O4/c13-12(14,15)19-9-3-1-2-8(4-9)11(18)5-7(6-11)10(16)17/h1-4,7,18H,5-6H2,(H,16,17). The Morgan fingerprint density at radius 2 is 2.00 bits per heavy atom. The van der Waals surface area contributed by atoms with Crippen LogP contribution in [0.1, 0.15) is 18.4 Å². The highest BCUT2D eigenvalue weighted by atomic mass is 19.4. The Kier molecular flexibility index (Phi) is 3.17. The maximum atomic E-state index is 12.1. The summed E-state index contributed by atoms with van der Waals surface area (Å²) in [7, 11) is 0. The number of carbonyl (C=O) groups is 1. The molecule has 0 heterocycles. The number of rotatable bonds is 3. The maximum absolute atomic E-state index is 12.1. The number of aliphatic hydroxyl groups is 1. The van der Waals surface area contributed by atoms with E-state index in [0.29, 0.717) is 0 Å². The summed E-state index contributed by atoms with van der Waals surface area (Å²) in [6.45, 7) is 0. The zero-order valence-electron chi connectivity index (χ0n) is 9.65. The molecule has 0 unspecified atom stereocenters. The molecule has 0 aromatic heterocycles. The van der Waals surface area contributed by atoms with Crippen LogP contribution in [0.3, 0.4) is 0 Å². The highest BCUT2D eigenvalue weighted by molar-refractivity contribution is 5.72. The fourth-order valence-electron chi connectivity index (χ4n) is 2.15. The lowest BCUT2D eigenvalue weighted by Gasteiger charge is -2.41. The van der Waals surface area contributed by atoms with Crippen LogP contribution >= 0.6 is 0 Å². The van der Waals surface area contributed by atoms with Crippen LogP contribution < -0.4 is 4.74 Å². The van der Waals surface area contributed by atoms with E-state index in [1.54, 1.807) is 0 Å². The number of hydrogen-bond donors (Lipinski definition) is 2. The summed E-state index contributed by atoms with van der Waals surface area (Å²) in [6.07, 6.45) is -4.83. The van der Waals surface area contributed by atoms with Crippen molar-refractivity contribution < 1.29 is 32.9 Å². The molecule has 1 fully saturated rings. The van der Waals surface area contributed by atoms with Crippen molar-refractivity contribution in [3.8, 4) is 5.75 Å². The Balaban J connectivity index is 2.14. The van der Waals surface area contributed by atoms with Gasteiger partial charge in [0.25, 0.3) is 0 Å². The summed E-state index contributed by atoms with van der Waals surface area (Å²) in [5.41, 5.74) is -1.17.